The molecule has 0 aliphatic carbocycles. The first-order chi connectivity index (χ1) is 8.13. The topological polar surface area (TPSA) is 76.0 Å². The highest BCUT2D eigenvalue weighted by atomic mass is 32.2. The Hall–Kier alpha value is -0.920. The molecule has 0 atom stereocenters. The number of nitrogens with one attached hydrogen (secondary N) is 2. The van der Waals surface area contributed by atoms with Crippen molar-refractivity contribution < 1.29 is 8.42 Å². The van der Waals surface area contributed by atoms with E-state index in [1.165, 1.54) is 16.9 Å². The van der Waals surface area contributed by atoms with Crippen molar-refractivity contribution in [1.29, 1.82) is 0 Å². The molecule has 1 aromatic rings. The summed E-state index contributed by atoms with van der Waals surface area (Å²) in [6.07, 6.45) is 3.18. The van der Waals surface area contributed by atoms with E-state index in [2.05, 4.69) is 15.1 Å². The molecule has 0 unspecified atom stereocenters. The van der Waals surface area contributed by atoms with Crippen LogP contribution in [0.3, 0.4) is 0 Å². The summed E-state index contributed by atoms with van der Waals surface area (Å²) >= 11 is 0. The summed E-state index contributed by atoms with van der Waals surface area (Å²) in [5.41, 5.74) is 0. The Morgan fingerprint density at radius 1 is 1.53 bits per heavy atom. The van der Waals surface area contributed by atoms with Gasteiger partial charge in [0, 0.05) is 12.6 Å². The van der Waals surface area contributed by atoms with Gasteiger partial charge in [-0.1, -0.05) is 0 Å². The predicted molar refractivity (Wildman–Crippen MR) is 64.1 cm³/mol. The smallest absolute Gasteiger partial charge is 0.257 e. The number of rotatable bonds is 4. The average Bonchev–Trinajstić information content (AvgIpc) is 2.78. The van der Waals surface area contributed by atoms with Gasteiger partial charge in [-0.3, -0.25) is 4.68 Å². The summed E-state index contributed by atoms with van der Waals surface area (Å²) in [6.45, 7) is 4.15. The molecule has 1 aliphatic rings. The third kappa shape index (κ3) is 2.85. The van der Waals surface area contributed by atoms with Crippen molar-refractivity contribution in [2.75, 3.05) is 13.1 Å². The molecular formula is C10H18N4O2S. The molecule has 0 spiro atoms. The van der Waals surface area contributed by atoms with Gasteiger partial charge in [-0.05, 0) is 38.9 Å². The van der Waals surface area contributed by atoms with E-state index < -0.39 is 10.0 Å². The third-order valence-electron chi connectivity index (χ3n) is 2.91. The zero-order valence-electron chi connectivity index (χ0n) is 9.89. The third-order valence-corrected chi connectivity index (χ3v) is 4.45. The van der Waals surface area contributed by atoms with Crippen molar-refractivity contribution in [2.24, 2.45) is 0 Å². The van der Waals surface area contributed by atoms with Crippen LogP contribution in [0.25, 0.3) is 0 Å². The molecule has 2 rings (SSSR count). The molecule has 6 nitrogen and oxygen atoms in total. The SMILES string of the molecule is CCn1nccc1S(=O)(=O)NC1CCNCC1. The lowest BCUT2D eigenvalue weighted by molar-refractivity contribution is 0.424. The van der Waals surface area contributed by atoms with Crippen LogP contribution in [-0.4, -0.2) is 37.3 Å². The van der Waals surface area contributed by atoms with Crippen LogP contribution in [0.2, 0.25) is 0 Å². The highest BCUT2D eigenvalue weighted by molar-refractivity contribution is 7.89. The van der Waals surface area contributed by atoms with Crippen molar-refractivity contribution in [1.82, 2.24) is 19.8 Å². The lowest BCUT2D eigenvalue weighted by Gasteiger charge is -2.23. The van der Waals surface area contributed by atoms with Crippen LogP contribution in [0, 0.1) is 0 Å². The maximum Gasteiger partial charge on any atom is 0.257 e. The normalized spacial score (nSPS) is 18.4. The zero-order valence-corrected chi connectivity index (χ0v) is 10.7. The van der Waals surface area contributed by atoms with E-state index in [-0.39, 0.29) is 11.1 Å². The summed E-state index contributed by atoms with van der Waals surface area (Å²) in [6, 6.07) is 1.56. The first-order valence-corrected chi connectivity index (χ1v) is 7.36. The van der Waals surface area contributed by atoms with E-state index in [0.29, 0.717) is 6.54 Å². The number of hydrogen-bond acceptors (Lipinski definition) is 4. The molecule has 0 bridgehead atoms. The Morgan fingerprint density at radius 2 is 2.24 bits per heavy atom. The Balaban J connectivity index is 2.13. The second kappa shape index (κ2) is 5.16. The van der Waals surface area contributed by atoms with Gasteiger partial charge in [-0.25, -0.2) is 13.1 Å². The first kappa shape index (κ1) is 12.5. The molecule has 2 N–H and O–H groups in total. The first-order valence-electron chi connectivity index (χ1n) is 5.88. The minimum absolute atomic E-state index is 0.0291. The lowest BCUT2D eigenvalue weighted by atomic mass is 10.1. The molecule has 17 heavy (non-hydrogen) atoms. The lowest BCUT2D eigenvalue weighted by Crippen LogP contribution is -2.43. The summed E-state index contributed by atoms with van der Waals surface area (Å²) in [7, 11) is -3.44. The van der Waals surface area contributed by atoms with E-state index >= 15 is 0 Å². The number of hydrogen-bond donors (Lipinski definition) is 2. The van der Waals surface area contributed by atoms with Gasteiger partial charge >= 0.3 is 0 Å². The van der Waals surface area contributed by atoms with Gasteiger partial charge in [0.15, 0.2) is 5.03 Å². The molecule has 0 radical (unpaired) electrons. The summed E-state index contributed by atoms with van der Waals surface area (Å²) in [4.78, 5) is 0. The van der Waals surface area contributed by atoms with Gasteiger partial charge in [-0.15, -0.1) is 0 Å². The van der Waals surface area contributed by atoms with Gasteiger partial charge < -0.3 is 5.32 Å². The minimum Gasteiger partial charge on any atom is -0.317 e. The predicted octanol–water partition coefficient (Wildman–Crippen LogP) is -0.0667. The molecule has 7 heteroatoms. The van der Waals surface area contributed by atoms with Crippen LogP contribution in [0.1, 0.15) is 19.8 Å². The van der Waals surface area contributed by atoms with E-state index in [1.807, 2.05) is 6.92 Å². The van der Waals surface area contributed by atoms with E-state index in [9.17, 15) is 8.42 Å². The van der Waals surface area contributed by atoms with Crippen molar-refractivity contribution in [3.63, 3.8) is 0 Å². The Labute approximate surface area is 101 Å². The zero-order chi connectivity index (χ0) is 12.3. The molecule has 1 fully saturated rings. The van der Waals surface area contributed by atoms with Gasteiger partial charge in [-0.2, -0.15) is 5.10 Å². The quantitative estimate of drug-likeness (QED) is 0.793. The highest BCUT2D eigenvalue weighted by Crippen LogP contribution is 2.11. The molecule has 1 saturated heterocycles. The van der Waals surface area contributed by atoms with E-state index in [1.54, 1.807) is 0 Å². The second-order valence-electron chi connectivity index (χ2n) is 4.13. The second-order valence-corrected chi connectivity index (χ2v) is 5.79. The highest BCUT2D eigenvalue weighted by Gasteiger charge is 2.24. The van der Waals surface area contributed by atoms with Crippen LogP contribution < -0.4 is 10.0 Å². The molecule has 2 heterocycles. The summed E-state index contributed by atoms with van der Waals surface area (Å²) < 4.78 is 28.5. The summed E-state index contributed by atoms with van der Waals surface area (Å²) in [5, 5.41) is 7.43. The number of aromatic nitrogens is 2. The van der Waals surface area contributed by atoms with Crippen LogP contribution in [0.5, 0.6) is 0 Å². The van der Waals surface area contributed by atoms with Crippen LogP contribution in [-0.2, 0) is 16.6 Å². The maximum absolute atomic E-state index is 12.1. The van der Waals surface area contributed by atoms with Crippen LogP contribution >= 0.6 is 0 Å². The van der Waals surface area contributed by atoms with Gasteiger partial charge in [0.25, 0.3) is 10.0 Å². The van der Waals surface area contributed by atoms with Gasteiger partial charge in [0.05, 0.1) is 6.20 Å². The molecule has 1 aromatic heterocycles. The molecule has 0 amide bonds. The van der Waals surface area contributed by atoms with E-state index in [0.717, 1.165) is 25.9 Å². The van der Waals surface area contributed by atoms with Crippen molar-refractivity contribution in [3.05, 3.63) is 12.3 Å². The fourth-order valence-corrected chi connectivity index (χ4v) is 3.49. The fourth-order valence-electron chi connectivity index (χ4n) is 2.01. The number of aryl methyl sites for hydroxylation is 1. The molecule has 1 aliphatic heterocycles. The average molecular weight is 258 g/mol. The van der Waals surface area contributed by atoms with E-state index in [4.69, 9.17) is 0 Å². The summed E-state index contributed by atoms with van der Waals surface area (Å²) in [5.74, 6) is 0. The largest absolute Gasteiger partial charge is 0.317 e. The fraction of sp³-hybridized carbons (Fsp3) is 0.700. The monoisotopic (exact) mass is 258 g/mol. The van der Waals surface area contributed by atoms with Crippen molar-refractivity contribution in [3.8, 4) is 0 Å². The van der Waals surface area contributed by atoms with Crippen LogP contribution in [0.4, 0.5) is 0 Å². The van der Waals surface area contributed by atoms with Gasteiger partial charge in [0.2, 0.25) is 0 Å². The Morgan fingerprint density at radius 3 is 2.88 bits per heavy atom. The molecule has 0 saturated carbocycles. The van der Waals surface area contributed by atoms with Crippen molar-refractivity contribution in [2.45, 2.75) is 37.4 Å². The van der Waals surface area contributed by atoms with Gasteiger partial charge in [0.1, 0.15) is 0 Å². The standard InChI is InChI=1S/C10H18N4O2S/c1-2-14-10(5-8-12-14)17(15,16)13-9-3-6-11-7-4-9/h5,8-9,11,13H,2-4,6-7H2,1H3. The number of sulfonamides is 1. The Kier molecular flexibility index (Phi) is 3.80. The molecule has 0 aromatic carbocycles. The minimum atomic E-state index is -3.44. The Bertz CT molecular complexity index is 462. The number of piperidine rings is 1. The molecule has 96 valence electrons. The van der Waals surface area contributed by atoms with Crippen molar-refractivity contribution >= 4 is 10.0 Å². The maximum atomic E-state index is 12.1. The van der Waals surface area contributed by atoms with Crippen LogP contribution in [0.15, 0.2) is 17.3 Å². The number of nitrogens with zero attached hydrogens (tertiary/aromatic N) is 2. The molecular weight excluding hydrogens is 240 g/mol.